The summed E-state index contributed by atoms with van der Waals surface area (Å²) in [5.41, 5.74) is 6.22. The summed E-state index contributed by atoms with van der Waals surface area (Å²) >= 11 is 0. The second-order valence-electron chi connectivity index (χ2n) is 8.19. The molecule has 0 radical (unpaired) electrons. The topological polar surface area (TPSA) is 42.0 Å². The molecular weight excluding hydrogens is 320 g/mol. The largest absolute Gasteiger partial charge is 0.326 e. The van der Waals surface area contributed by atoms with E-state index in [9.17, 15) is 4.79 Å². The molecule has 26 heavy (non-hydrogen) atoms. The molecule has 1 N–H and O–H groups in total. The Kier molecular flexibility index (Phi) is 4.82. The van der Waals surface area contributed by atoms with E-state index >= 15 is 0 Å². The van der Waals surface area contributed by atoms with Gasteiger partial charge in [-0.1, -0.05) is 39.0 Å². The van der Waals surface area contributed by atoms with Gasteiger partial charge in [0.05, 0.1) is 5.52 Å². The number of para-hydroxylation sites is 1. The number of benzene rings is 2. The minimum atomic E-state index is -0.0252. The van der Waals surface area contributed by atoms with Gasteiger partial charge in [-0.3, -0.25) is 9.78 Å². The van der Waals surface area contributed by atoms with E-state index in [0.717, 1.165) is 38.8 Å². The Labute approximate surface area is 155 Å². The number of carbonyl (C=O) groups is 1. The second-order valence-corrected chi connectivity index (χ2v) is 8.19. The monoisotopic (exact) mass is 346 g/mol. The van der Waals surface area contributed by atoms with E-state index in [1.54, 1.807) is 0 Å². The van der Waals surface area contributed by atoms with Crippen LogP contribution in [0.1, 0.15) is 38.3 Å². The van der Waals surface area contributed by atoms with Crippen LogP contribution in [-0.4, -0.2) is 10.9 Å². The Hall–Kier alpha value is -2.68. The van der Waals surface area contributed by atoms with Crippen molar-refractivity contribution in [2.24, 2.45) is 5.41 Å². The maximum Gasteiger partial charge on any atom is 0.224 e. The van der Waals surface area contributed by atoms with Crippen molar-refractivity contribution in [3.63, 3.8) is 0 Å². The molecule has 134 valence electrons. The number of nitrogens with zero attached hydrogens (tertiary/aromatic N) is 1. The molecule has 0 spiro atoms. The fourth-order valence-corrected chi connectivity index (χ4v) is 3.22. The molecule has 0 aliphatic heterocycles. The highest BCUT2D eigenvalue weighted by atomic mass is 16.1. The first-order chi connectivity index (χ1) is 12.2. The van der Waals surface area contributed by atoms with Crippen molar-refractivity contribution in [2.45, 2.75) is 41.0 Å². The summed E-state index contributed by atoms with van der Waals surface area (Å²) in [6.07, 6.45) is 2.41. The first kappa shape index (κ1) is 18.1. The maximum atomic E-state index is 12.3. The van der Waals surface area contributed by atoms with Crippen molar-refractivity contribution >= 4 is 22.5 Å². The van der Waals surface area contributed by atoms with Crippen LogP contribution in [0.4, 0.5) is 5.69 Å². The van der Waals surface area contributed by atoms with Gasteiger partial charge in [0.25, 0.3) is 0 Å². The molecule has 0 saturated heterocycles. The lowest BCUT2D eigenvalue weighted by molar-refractivity contribution is -0.117. The van der Waals surface area contributed by atoms with Crippen LogP contribution in [0.25, 0.3) is 22.0 Å². The third kappa shape index (κ3) is 4.10. The third-order valence-electron chi connectivity index (χ3n) is 4.41. The summed E-state index contributed by atoms with van der Waals surface area (Å²) in [6.45, 7) is 10.3. The Morgan fingerprint density at radius 2 is 1.65 bits per heavy atom. The number of hydrogen-bond donors (Lipinski definition) is 1. The van der Waals surface area contributed by atoms with Crippen LogP contribution in [0.2, 0.25) is 0 Å². The van der Waals surface area contributed by atoms with Crippen LogP contribution in [0, 0.1) is 19.3 Å². The van der Waals surface area contributed by atoms with E-state index in [0.29, 0.717) is 6.42 Å². The lowest BCUT2D eigenvalue weighted by Gasteiger charge is -2.19. The molecule has 1 amide bonds. The van der Waals surface area contributed by atoms with E-state index in [1.807, 2.05) is 38.2 Å². The van der Waals surface area contributed by atoms with Gasteiger partial charge in [0.2, 0.25) is 5.91 Å². The molecule has 3 rings (SSSR count). The molecule has 3 nitrogen and oxygen atoms in total. The third-order valence-corrected chi connectivity index (χ3v) is 4.41. The first-order valence-electron chi connectivity index (χ1n) is 8.99. The van der Waals surface area contributed by atoms with Crippen LogP contribution in [0.15, 0.2) is 48.7 Å². The van der Waals surface area contributed by atoms with Crippen LogP contribution in [0.5, 0.6) is 0 Å². The van der Waals surface area contributed by atoms with E-state index in [-0.39, 0.29) is 11.3 Å². The molecule has 3 heteroatoms. The van der Waals surface area contributed by atoms with Crippen LogP contribution in [-0.2, 0) is 4.79 Å². The van der Waals surface area contributed by atoms with Gasteiger partial charge in [-0.15, -0.1) is 0 Å². The van der Waals surface area contributed by atoms with Gasteiger partial charge >= 0.3 is 0 Å². The number of amides is 1. The molecule has 0 atom stereocenters. The Balaban J connectivity index is 1.92. The van der Waals surface area contributed by atoms with Crippen molar-refractivity contribution in [3.05, 3.63) is 59.8 Å². The van der Waals surface area contributed by atoms with Gasteiger partial charge in [0.15, 0.2) is 0 Å². The zero-order chi connectivity index (χ0) is 18.9. The fourth-order valence-electron chi connectivity index (χ4n) is 3.22. The standard InChI is InChI=1S/C23H26N2O/c1-15-10-18(19-12-17-8-6-7-9-20(17)24-14-19)11-16(2)22(15)25-21(26)13-23(3,4)5/h6-12,14H,13H2,1-5H3,(H,25,26). The van der Waals surface area contributed by atoms with Gasteiger partial charge in [-0.2, -0.15) is 0 Å². The summed E-state index contributed by atoms with van der Waals surface area (Å²) in [4.78, 5) is 16.9. The zero-order valence-corrected chi connectivity index (χ0v) is 16.2. The molecule has 3 aromatic rings. The lowest BCUT2D eigenvalue weighted by atomic mass is 9.91. The van der Waals surface area contributed by atoms with Gasteiger partial charge in [-0.05, 0) is 60.2 Å². The summed E-state index contributed by atoms with van der Waals surface area (Å²) in [7, 11) is 0. The highest BCUT2D eigenvalue weighted by Crippen LogP contribution is 2.30. The maximum absolute atomic E-state index is 12.3. The van der Waals surface area contributed by atoms with Crippen LogP contribution >= 0.6 is 0 Å². The highest BCUT2D eigenvalue weighted by Gasteiger charge is 2.17. The molecule has 2 aromatic carbocycles. The quantitative estimate of drug-likeness (QED) is 0.642. The zero-order valence-electron chi connectivity index (χ0n) is 16.2. The number of aromatic nitrogens is 1. The smallest absolute Gasteiger partial charge is 0.224 e. The molecule has 0 aliphatic carbocycles. The SMILES string of the molecule is Cc1cc(-c2cnc3ccccc3c2)cc(C)c1NC(=O)CC(C)(C)C. The summed E-state index contributed by atoms with van der Waals surface area (Å²) in [5, 5.41) is 4.22. The van der Waals surface area contributed by atoms with E-state index in [1.165, 1.54) is 0 Å². The van der Waals surface area contributed by atoms with Crippen molar-refractivity contribution in [1.29, 1.82) is 0 Å². The van der Waals surface area contributed by atoms with E-state index < -0.39 is 0 Å². The number of hydrogen-bond acceptors (Lipinski definition) is 2. The summed E-state index contributed by atoms with van der Waals surface area (Å²) in [6, 6.07) is 14.5. The Morgan fingerprint density at radius 1 is 1.00 bits per heavy atom. The van der Waals surface area contributed by atoms with Crippen molar-refractivity contribution < 1.29 is 4.79 Å². The van der Waals surface area contributed by atoms with Gasteiger partial charge in [0.1, 0.15) is 0 Å². The van der Waals surface area contributed by atoms with Crippen molar-refractivity contribution in [1.82, 2.24) is 4.98 Å². The second kappa shape index (κ2) is 6.91. The number of rotatable bonds is 3. The molecule has 1 heterocycles. The predicted octanol–water partition coefficient (Wildman–Crippen LogP) is 5.89. The number of pyridine rings is 1. The van der Waals surface area contributed by atoms with E-state index in [4.69, 9.17) is 0 Å². The predicted molar refractivity (Wildman–Crippen MR) is 109 cm³/mol. The average molecular weight is 346 g/mol. The van der Waals surface area contributed by atoms with E-state index in [2.05, 4.69) is 55.3 Å². The summed E-state index contributed by atoms with van der Waals surface area (Å²) in [5.74, 6) is 0.0591. The number of aryl methyl sites for hydroxylation is 2. The highest BCUT2D eigenvalue weighted by molar-refractivity contribution is 5.93. The first-order valence-corrected chi connectivity index (χ1v) is 8.99. The van der Waals surface area contributed by atoms with Gasteiger partial charge in [0, 0.05) is 29.3 Å². The van der Waals surface area contributed by atoms with Gasteiger partial charge < -0.3 is 5.32 Å². The van der Waals surface area contributed by atoms with Crippen LogP contribution in [0.3, 0.4) is 0 Å². The number of fused-ring (bicyclic) bond motifs is 1. The van der Waals surface area contributed by atoms with Crippen LogP contribution < -0.4 is 5.32 Å². The molecule has 0 saturated carbocycles. The number of carbonyl (C=O) groups excluding carboxylic acids is 1. The van der Waals surface area contributed by atoms with Crippen molar-refractivity contribution in [2.75, 3.05) is 5.32 Å². The lowest BCUT2D eigenvalue weighted by Crippen LogP contribution is -2.20. The molecular formula is C23H26N2O. The molecule has 0 bridgehead atoms. The Bertz CT molecular complexity index is 944. The molecule has 1 aromatic heterocycles. The van der Waals surface area contributed by atoms with Gasteiger partial charge in [-0.25, -0.2) is 0 Å². The normalized spacial score (nSPS) is 11.6. The fraction of sp³-hybridized carbons (Fsp3) is 0.304. The average Bonchev–Trinajstić information content (AvgIpc) is 2.56. The summed E-state index contributed by atoms with van der Waals surface area (Å²) < 4.78 is 0. The van der Waals surface area contributed by atoms with Crippen molar-refractivity contribution in [3.8, 4) is 11.1 Å². The number of anilines is 1. The molecule has 0 unspecified atom stereocenters. The minimum absolute atomic E-state index is 0.0252. The molecule has 0 fully saturated rings. The number of nitrogens with one attached hydrogen (secondary N) is 1. The molecule has 0 aliphatic rings. The minimum Gasteiger partial charge on any atom is -0.326 e. The Morgan fingerprint density at radius 3 is 2.31 bits per heavy atom.